The fourth-order valence-corrected chi connectivity index (χ4v) is 6.10. The molecule has 2 aliphatic heterocycles. The largest absolute Gasteiger partial charge is 0.463 e. The molecule has 0 saturated carbocycles. The minimum Gasteiger partial charge on any atom is -0.463 e. The zero-order chi connectivity index (χ0) is 33.1. The third kappa shape index (κ3) is 9.39. The zero-order valence-corrected chi connectivity index (χ0v) is 29.3. The van der Waals surface area contributed by atoms with Crippen molar-refractivity contribution in [1.82, 2.24) is 15.0 Å². The Balaban J connectivity index is 0.000000854. The first kappa shape index (κ1) is 34.6. The molecular formula is C36H50ClN5O3. The number of esters is 1. The van der Waals surface area contributed by atoms with Crippen LogP contribution in [0.2, 0.25) is 5.15 Å². The van der Waals surface area contributed by atoms with Gasteiger partial charge in [0, 0.05) is 54.8 Å². The Morgan fingerprint density at radius 3 is 2.31 bits per heavy atom. The number of aryl methyl sites for hydroxylation is 2. The van der Waals surface area contributed by atoms with Gasteiger partial charge in [-0.3, -0.25) is 9.78 Å². The van der Waals surface area contributed by atoms with E-state index in [0.29, 0.717) is 10.6 Å². The molecule has 0 radical (unpaired) electrons. The summed E-state index contributed by atoms with van der Waals surface area (Å²) in [5.41, 5.74) is 8.74. The maximum Gasteiger partial charge on any atom is 0.310 e. The van der Waals surface area contributed by atoms with Crippen LogP contribution < -0.4 is 9.80 Å². The first-order valence-electron chi connectivity index (χ1n) is 16.0. The van der Waals surface area contributed by atoms with Crippen molar-refractivity contribution >= 4 is 29.1 Å². The van der Waals surface area contributed by atoms with Crippen LogP contribution >= 0.6 is 11.6 Å². The molecule has 2 aliphatic rings. The lowest BCUT2D eigenvalue weighted by Crippen LogP contribution is -2.38. The summed E-state index contributed by atoms with van der Waals surface area (Å²) < 4.78 is 5.58. The predicted molar refractivity (Wildman–Crippen MR) is 183 cm³/mol. The van der Waals surface area contributed by atoms with Crippen LogP contribution in [0.15, 0.2) is 30.6 Å². The SMILES string of the molecule is CC(C)(C)O.Cc1nc(C)c(-c2ccc3c(c2)CCN(c2cc(Cl)ncn2)C3)c(N2CCC(C)(C)CC2)c1CC(=O)OC(C)C. The Bertz CT molecular complexity index is 1500. The third-order valence-corrected chi connectivity index (χ3v) is 8.44. The lowest BCUT2D eigenvalue weighted by molar-refractivity contribution is -0.146. The van der Waals surface area contributed by atoms with Crippen LogP contribution in [0.25, 0.3) is 11.1 Å². The number of hydrogen-bond donors (Lipinski definition) is 1. The summed E-state index contributed by atoms with van der Waals surface area (Å²) in [7, 11) is 0. The van der Waals surface area contributed by atoms with Gasteiger partial charge in [-0.05, 0) is 89.8 Å². The number of rotatable bonds is 6. The van der Waals surface area contributed by atoms with E-state index in [4.69, 9.17) is 26.4 Å². The van der Waals surface area contributed by atoms with E-state index in [2.05, 4.69) is 58.7 Å². The minimum atomic E-state index is -0.500. The molecule has 4 heterocycles. The summed E-state index contributed by atoms with van der Waals surface area (Å²) in [6, 6.07) is 8.59. The number of carbonyl (C=O) groups excluding carboxylic acids is 1. The Hall–Kier alpha value is -3.23. The lowest BCUT2D eigenvalue weighted by Gasteiger charge is -2.40. The molecule has 0 atom stereocenters. The number of aliphatic hydroxyl groups is 1. The number of hydrogen-bond acceptors (Lipinski definition) is 8. The van der Waals surface area contributed by atoms with Gasteiger partial charge in [0.2, 0.25) is 0 Å². The van der Waals surface area contributed by atoms with Crippen molar-refractivity contribution in [2.75, 3.05) is 29.4 Å². The summed E-state index contributed by atoms with van der Waals surface area (Å²) in [5.74, 6) is 0.644. The number of anilines is 2. The number of aromatic nitrogens is 3. The molecule has 0 amide bonds. The van der Waals surface area contributed by atoms with Gasteiger partial charge in [0.05, 0.1) is 23.8 Å². The van der Waals surface area contributed by atoms with Gasteiger partial charge in [0.25, 0.3) is 0 Å². The highest BCUT2D eigenvalue weighted by molar-refractivity contribution is 6.29. The summed E-state index contributed by atoms with van der Waals surface area (Å²) in [4.78, 5) is 31.1. The van der Waals surface area contributed by atoms with Crippen LogP contribution in [-0.2, 0) is 28.9 Å². The molecule has 1 saturated heterocycles. The van der Waals surface area contributed by atoms with Crippen molar-refractivity contribution < 1.29 is 14.6 Å². The molecule has 0 unspecified atom stereocenters. The second-order valence-corrected chi connectivity index (χ2v) is 14.8. The van der Waals surface area contributed by atoms with Gasteiger partial charge in [0.15, 0.2) is 0 Å². The molecule has 0 bridgehead atoms. The van der Waals surface area contributed by atoms with Crippen molar-refractivity contribution in [3.05, 3.63) is 63.8 Å². The maximum atomic E-state index is 12.9. The van der Waals surface area contributed by atoms with Crippen LogP contribution in [0.1, 0.15) is 89.4 Å². The van der Waals surface area contributed by atoms with Gasteiger partial charge in [-0.25, -0.2) is 9.97 Å². The highest BCUT2D eigenvalue weighted by Gasteiger charge is 2.31. The van der Waals surface area contributed by atoms with E-state index in [0.717, 1.165) is 85.0 Å². The van der Waals surface area contributed by atoms with Gasteiger partial charge < -0.3 is 19.6 Å². The van der Waals surface area contributed by atoms with Crippen LogP contribution in [0.3, 0.4) is 0 Å². The summed E-state index contributed by atoms with van der Waals surface area (Å²) in [5, 5.41) is 8.97. The molecule has 0 spiro atoms. The second kappa shape index (κ2) is 14.0. The quantitative estimate of drug-likeness (QED) is 0.223. The molecular weight excluding hydrogens is 586 g/mol. The Labute approximate surface area is 274 Å². The normalized spacial score (nSPS) is 16.2. The van der Waals surface area contributed by atoms with E-state index >= 15 is 0 Å². The highest BCUT2D eigenvalue weighted by Crippen LogP contribution is 2.42. The number of pyridine rings is 1. The topological polar surface area (TPSA) is 91.7 Å². The number of fused-ring (bicyclic) bond motifs is 1. The van der Waals surface area contributed by atoms with Crippen LogP contribution in [0.5, 0.6) is 0 Å². The van der Waals surface area contributed by atoms with Crippen LogP contribution in [-0.4, -0.2) is 57.4 Å². The second-order valence-electron chi connectivity index (χ2n) is 14.4. The lowest BCUT2D eigenvalue weighted by atomic mass is 9.82. The maximum absolute atomic E-state index is 12.9. The molecule has 5 rings (SSSR count). The first-order valence-corrected chi connectivity index (χ1v) is 16.4. The van der Waals surface area contributed by atoms with Gasteiger partial charge in [-0.15, -0.1) is 0 Å². The Morgan fingerprint density at radius 2 is 1.69 bits per heavy atom. The third-order valence-electron chi connectivity index (χ3n) is 8.23. The molecule has 45 heavy (non-hydrogen) atoms. The number of benzene rings is 1. The molecule has 3 aromatic rings. The first-order chi connectivity index (χ1) is 21.0. The molecule has 1 N–H and O–H groups in total. The molecule has 244 valence electrons. The molecule has 8 nitrogen and oxygen atoms in total. The molecule has 1 aromatic carbocycles. The Morgan fingerprint density at radius 1 is 1.02 bits per heavy atom. The van der Waals surface area contributed by atoms with E-state index in [1.807, 2.05) is 26.8 Å². The van der Waals surface area contributed by atoms with Gasteiger partial charge in [-0.1, -0.05) is 43.6 Å². The summed E-state index contributed by atoms with van der Waals surface area (Å²) in [6.07, 6.45) is 4.71. The monoisotopic (exact) mass is 635 g/mol. The van der Waals surface area contributed by atoms with E-state index in [-0.39, 0.29) is 18.5 Å². The summed E-state index contributed by atoms with van der Waals surface area (Å²) >= 11 is 6.13. The van der Waals surface area contributed by atoms with E-state index in [9.17, 15) is 4.79 Å². The van der Waals surface area contributed by atoms with Crippen LogP contribution in [0, 0.1) is 19.3 Å². The van der Waals surface area contributed by atoms with Crippen molar-refractivity contribution in [2.45, 2.75) is 106 Å². The summed E-state index contributed by atoms with van der Waals surface area (Å²) in [6.45, 7) is 21.4. The van der Waals surface area contributed by atoms with E-state index in [1.54, 1.807) is 20.8 Å². The molecule has 1 fully saturated rings. The van der Waals surface area contributed by atoms with Crippen molar-refractivity contribution in [2.24, 2.45) is 5.41 Å². The predicted octanol–water partition coefficient (Wildman–Crippen LogP) is 7.27. The average Bonchev–Trinajstić information content (AvgIpc) is 2.92. The number of nitrogens with zero attached hydrogens (tertiary/aromatic N) is 5. The molecule has 0 aliphatic carbocycles. The number of piperidine rings is 1. The van der Waals surface area contributed by atoms with E-state index in [1.165, 1.54) is 17.5 Å². The average molecular weight is 636 g/mol. The zero-order valence-electron chi connectivity index (χ0n) is 28.5. The molecule has 2 aromatic heterocycles. The van der Waals surface area contributed by atoms with Crippen LogP contribution in [0.4, 0.5) is 11.5 Å². The highest BCUT2D eigenvalue weighted by atomic mass is 35.5. The van der Waals surface area contributed by atoms with Crippen molar-refractivity contribution in [3.8, 4) is 11.1 Å². The Kier molecular flexibility index (Phi) is 10.8. The van der Waals surface area contributed by atoms with Gasteiger partial charge >= 0.3 is 5.97 Å². The van der Waals surface area contributed by atoms with Gasteiger partial charge in [-0.2, -0.15) is 0 Å². The smallest absolute Gasteiger partial charge is 0.310 e. The van der Waals surface area contributed by atoms with Crippen molar-refractivity contribution in [1.29, 1.82) is 0 Å². The van der Waals surface area contributed by atoms with E-state index < -0.39 is 5.60 Å². The minimum absolute atomic E-state index is 0.150. The fraction of sp³-hybridized carbons (Fsp3) is 0.556. The molecule has 9 heteroatoms. The number of halogens is 1. The number of carbonyl (C=O) groups is 1. The fourth-order valence-electron chi connectivity index (χ4n) is 5.96. The standard InChI is InChI=1S/C32H40ClN5O2.C4H10O/c1-20(2)40-29(39)16-26-21(3)36-22(4)30(31(26)37-13-10-32(5,6)11-14-37)24-7-8-25-18-38(12-9-23(25)15-24)28-17-27(33)34-19-35-28;1-4(2,3)5/h7-8,15,17,19-20H,9-14,16,18H2,1-6H3;5H,1-3H3. The van der Waals surface area contributed by atoms with Crippen molar-refractivity contribution in [3.63, 3.8) is 0 Å². The number of ether oxygens (including phenoxy) is 1. The van der Waals surface area contributed by atoms with Gasteiger partial charge in [0.1, 0.15) is 17.3 Å².